The Morgan fingerprint density at radius 1 is 1.03 bits per heavy atom. The first-order valence-electron chi connectivity index (χ1n) is 23.1. The third-order valence-electron chi connectivity index (χ3n) is 14.7. The number of morpholine rings is 1. The van der Waals surface area contributed by atoms with Crippen LogP contribution in [0.5, 0.6) is 5.75 Å². The number of amides is 4. The SMILES string of the molecule is CC[C@@H]1C(=O)N(C)c2cnc(Nc3ccc(C(=O)NC4(CCO)CC5COCC(C4)N5C[C@@H]4CCN(c5cc(F)c(C6CCC(=O)NC6=O)c(F)c5)C4)cc3OC)nc2N1C1CCCC1. The van der Waals surface area contributed by atoms with Gasteiger partial charge in [-0.05, 0) is 87.6 Å². The summed E-state index contributed by atoms with van der Waals surface area (Å²) in [5.74, 6) is -2.32. The van der Waals surface area contributed by atoms with Crippen molar-refractivity contribution in [2.75, 3.05) is 73.6 Å². The standard InChI is InChI=1S/C47H59F2N9O7/c1-4-37-45(63)55(2)38-22-50-46(53-42(38)58(37)29-7-5-6-8-29)51-36-11-9-28(17-39(36)64-3)43(61)54-47(14-16-59)20-31-25-65-26-32(21-47)57(31)24-27-13-15-56(23-27)30-18-34(48)41(35(49)19-30)33-10-12-40(60)52-44(33)62/h9,11,17-19,22,27,29,31-33,37,59H,4-8,10,12-16,20-21,23-26H2,1-3H3,(H,54,61)(H,50,51,53)(H,52,60,62)/t27-,31?,32?,33?,37-,47?/m1/s1. The van der Waals surface area contributed by atoms with Gasteiger partial charge < -0.3 is 39.9 Å². The molecule has 18 heteroatoms. The Balaban J connectivity index is 0.860. The van der Waals surface area contributed by atoms with Crippen molar-refractivity contribution >= 4 is 52.5 Å². The summed E-state index contributed by atoms with van der Waals surface area (Å²) in [4.78, 5) is 69.3. The third kappa shape index (κ3) is 8.71. The molecule has 348 valence electrons. The van der Waals surface area contributed by atoms with Crippen LogP contribution in [0, 0.1) is 17.6 Å². The van der Waals surface area contributed by atoms with Gasteiger partial charge in [-0.25, -0.2) is 13.8 Å². The van der Waals surface area contributed by atoms with E-state index in [0.717, 1.165) is 44.5 Å². The molecule has 5 fully saturated rings. The summed E-state index contributed by atoms with van der Waals surface area (Å²) in [5.41, 5.74) is 1.05. The highest BCUT2D eigenvalue weighted by molar-refractivity contribution is 6.04. The molecule has 6 aliphatic rings. The van der Waals surface area contributed by atoms with Crippen molar-refractivity contribution < 1.29 is 42.5 Å². The normalized spacial score (nSPS) is 27.2. The van der Waals surface area contributed by atoms with E-state index in [2.05, 4.69) is 30.7 Å². The van der Waals surface area contributed by atoms with Gasteiger partial charge >= 0.3 is 0 Å². The Hall–Kier alpha value is -5.46. The highest BCUT2D eigenvalue weighted by Crippen LogP contribution is 2.42. The van der Waals surface area contributed by atoms with Crippen LogP contribution in [0.1, 0.15) is 99.4 Å². The van der Waals surface area contributed by atoms with Gasteiger partial charge in [-0.1, -0.05) is 19.8 Å². The molecule has 5 aliphatic heterocycles. The highest BCUT2D eigenvalue weighted by atomic mass is 19.1. The van der Waals surface area contributed by atoms with Crippen molar-refractivity contribution in [2.45, 2.75) is 113 Å². The lowest BCUT2D eigenvalue weighted by molar-refractivity contribution is -0.134. The van der Waals surface area contributed by atoms with Crippen molar-refractivity contribution in [1.82, 2.24) is 25.5 Å². The summed E-state index contributed by atoms with van der Waals surface area (Å²) in [6, 6.07) is 7.62. The van der Waals surface area contributed by atoms with E-state index in [0.29, 0.717) is 86.3 Å². The minimum Gasteiger partial charge on any atom is -0.495 e. The van der Waals surface area contributed by atoms with Crippen molar-refractivity contribution in [3.05, 3.63) is 59.3 Å². The number of piperidine rings is 2. The number of nitrogens with zero attached hydrogens (tertiary/aromatic N) is 6. The average Bonchev–Trinajstić information content (AvgIpc) is 3.99. The Bertz CT molecular complexity index is 2290. The Morgan fingerprint density at radius 3 is 2.45 bits per heavy atom. The molecule has 1 saturated carbocycles. The van der Waals surface area contributed by atoms with E-state index in [4.69, 9.17) is 14.5 Å². The molecule has 9 rings (SSSR count). The number of imide groups is 1. The van der Waals surface area contributed by atoms with Crippen LogP contribution in [-0.4, -0.2) is 127 Å². The number of likely N-dealkylation sites (N-methyl/N-ethyl adjacent to an activating group) is 1. The Labute approximate surface area is 377 Å². The molecule has 5 atom stereocenters. The number of carbonyl (C=O) groups is 4. The summed E-state index contributed by atoms with van der Waals surface area (Å²) in [7, 11) is 3.30. The number of aliphatic hydroxyl groups is 1. The maximum Gasteiger partial charge on any atom is 0.251 e. The van der Waals surface area contributed by atoms with Crippen LogP contribution >= 0.6 is 0 Å². The number of halogens is 2. The number of ether oxygens (including phenoxy) is 2. The van der Waals surface area contributed by atoms with Gasteiger partial charge in [-0.2, -0.15) is 4.98 Å². The number of rotatable bonds is 13. The number of benzene rings is 2. The van der Waals surface area contributed by atoms with Gasteiger partial charge in [-0.3, -0.25) is 29.4 Å². The molecule has 65 heavy (non-hydrogen) atoms. The molecule has 1 aromatic heterocycles. The Morgan fingerprint density at radius 2 is 1.77 bits per heavy atom. The van der Waals surface area contributed by atoms with E-state index in [9.17, 15) is 24.3 Å². The molecule has 1 aliphatic carbocycles. The largest absolute Gasteiger partial charge is 0.495 e. The zero-order valence-electron chi connectivity index (χ0n) is 37.3. The van der Waals surface area contributed by atoms with Crippen LogP contribution in [-0.2, 0) is 19.1 Å². The smallest absolute Gasteiger partial charge is 0.251 e. The molecule has 3 aromatic rings. The number of aromatic nitrogens is 2. The van der Waals surface area contributed by atoms with Crippen molar-refractivity contribution in [3.63, 3.8) is 0 Å². The predicted octanol–water partition coefficient (Wildman–Crippen LogP) is 4.77. The van der Waals surface area contributed by atoms with E-state index >= 15 is 8.78 Å². The van der Waals surface area contributed by atoms with Crippen molar-refractivity contribution in [1.29, 1.82) is 0 Å². The summed E-state index contributed by atoms with van der Waals surface area (Å²) >= 11 is 0. The lowest BCUT2D eigenvalue weighted by atomic mass is 9.75. The quantitative estimate of drug-likeness (QED) is 0.173. The maximum atomic E-state index is 15.4. The summed E-state index contributed by atoms with van der Waals surface area (Å²) < 4.78 is 42.7. The first-order chi connectivity index (χ1) is 31.4. The number of methoxy groups -OCH3 is 1. The van der Waals surface area contributed by atoms with Gasteiger partial charge in [0.2, 0.25) is 23.7 Å². The van der Waals surface area contributed by atoms with Gasteiger partial charge in [0.15, 0.2) is 5.82 Å². The minimum atomic E-state index is -1.05. The molecule has 16 nitrogen and oxygen atoms in total. The van der Waals surface area contributed by atoms with Crippen LogP contribution in [0.3, 0.4) is 0 Å². The van der Waals surface area contributed by atoms with E-state index in [1.54, 1.807) is 36.3 Å². The zero-order chi connectivity index (χ0) is 45.6. The van der Waals surface area contributed by atoms with Gasteiger partial charge in [0.25, 0.3) is 5.91 Å². The van der Waals surface area contributed by atoms with E-state index < -0.39 is 34.9 Å². The molecule has 6 heterocycles. The van der Waals surface area contributed by atoms with Gasteiger partial charge in [0.05, 0.1) is 38.1 Å². The molecule has 0 spiro atoms. The van der Waals surface area contributed by atoms with Crippen LogP contribution in [0.2, 0.25) is 0 Å². The molecule has 4 saturated heterocycles. The van der Waals surface area contributed by atoms with Gasteiger partial charge in [0.1, 0.15) is 29.1 Å². The summed E-state index contributed by atoms with van der Waals surface area (Å²) in [6.07, 6.45) is 8.99. The molecule has 2 aromatic carbocycles. The third-order valence-corrected chi connectivity index (χ3v) is 14.7. The number of hydrogen-bond donors (Lipinski definition) is 4. The monoisotopic (exact) mass is 899 g/mol. The molecule has 4 amide bonds. The van der Waals surface area contributed by atoms with Crippen molar-refractivity contribution in [3.8, 4) is 5.75 Å². The summed E-state index contributed by atoms with van der Waals surface area (Å²) in [6.45, 7) is 4.80. The van der Waals surface area contributed by atoms with Crippen LogP contribution < -0.4 is 35.4 Å². The number of nitrogens with one attached hydrogen (secondary N) is 3. The lowest BCUT2D eigenvalue weighted by Gasteiger charge is -2.54. The molecule has 3 unspecified atom stereocenters. The fourth-order valence-corrected chi connectivity index (χ4v) is 11.4. The molecular formula is C47H59F2N9O7. The highest BCUT2D eigenvalue weighted by Gasteiger charge is 2.49. The fourth-order valence-electron chi connectivity index (χ4n) is 11.4. The fraction of sp³-hybridized carbons (Fsp3) is 0.574. The first-order valence-corrected chi connectivity index (χ1v) is 23.1. The molecule has 4 N–H and O–H groups in total. The number of carbonyl (C=O) groups excluding carboxylic acids is 4. The van der Waals surface area contributed by atoms with E-state index in [-0.39, 0.29) is 66.9 Å². The van der Waals surface area contributed by atoms with Gasteiger partial charge in [-0.15, -0.1) is 0 Å². The van der Waals surface area contributed by atoms with E-state index in [1.807, 2.05) is 11.8 Å². The topological polar surface area (TPSA) is 182 Å². The number of hydrogen-bond acceptors (Lipinski definition) is 13. The van der Waals surface area contributed by atoms with Crippen LogP contribution in [0.4, 0.5) is 37.6 Å². The zero-order valence-corrected chi connectivity index (χ0v) is 37.3. The summed E-state index contributed by atoms with van der Waals surface area (Å²) in [5, 5.41) is 19.1. The second-order valence-corrected chi connectivity index (χ2v) is 18.7. The minimum absolute atomic E-state index is 0.0286. The number of fused-ring (bicyclic) bond motifs is 3. The predicted molar refractivity (Wildman–Crippen MR) is 239 cm³/mol. The number of anilines is 5. The second-order valence-electron chi connectivity index (χ2n) is 18.7. The van der Waals surface area contributed by atoms with Crippen LogP contribution in [0.25, 0.3) is 0 Å². The van der Waals surface area contributed by atoms with Crippen molar-refractivity contribution in [2.24, 2.45) is 5.92 Å². The molecule has 0 radical (unpaired) electrons. The van der Waals surface area contributed by atoms with E-state index in [1.165, 1.54) is 19.2 Å². The van der Waals surface area contributed by atoms with Gasteiger partial charge in [0, 0.05) is 80.2 Å². The second kappa shape index (κ2) is 18.4. The molecular weight excluding hydrogens is 841 g/mol. The van der Waals surface area contributed by atoms with Crippen LogP contribution in [0.15, 0.2) is 36.5 Å². The lowest BCUT2D eigenvalue weighted by Crippen LogP contribution is -2.67. The Kier molecular flexibility index (Phi) is 12.7. The maximum absolute atomic E-state index is 15.4. The number of aliphatic hydroxyl groups excluding tert-OH is 1. The first kappa shape index (κ1) is 44.7. The average molecular weight is 900 g/mol. The molecule has 2 bridgehead atoms.